The van der Waals surface area contributed by atoms with E-state index >= 15 is 0 Å². The number of hydrogen-bond donors (Lipinski definition) is 2. The Morgan fingerprint density at radius 1 is 1.40 bits per heavy atom. The third-order valence-corrected chi connectivity index (χ3v) is 3.68. The quantitative estimate of drug-likeness (QED) is 0.652. The van der Waals surface area contributed by atoms with E-state index in [1.54, 1.807) is 4.68 Å². The van der Waals surface area contributed by atoms with Crippen molar-refractivity contribution in [1.29, 1.82) is 0 Å². The molecule has 1 amide bonds. The number of carbonyl (C=O) groups excluding carboxylic acids is 1. The SMILES string of the molecule is CCC(C)NC(=O)CSc1nnnn1CCNC(C)C. The van der Waals surface area contributed by atoms with Gasteiger partial charge in [-0.2, -0.15) is 0 Å². The van der Waals surface area contributed by atoms with Crippen LogP contribution in [0.5, 0.6) is 0 Å². The Labute approximate surface area is 124 Å². The number of carbonyl (C=O) groups is 1. The van der Waals surface area contributed by atoms with Crippen LogP contribution in [0.4, 0.5) is 0 Å². The van der Waals surface area contributed by atoms with Crippen LogP contribution in [0.1, 0.15) is 34.1 Å². The van der Waals surface area contributed by atoms with Crippen LogP contribution in [0.3, 0.4) is 0 Å². The number of amides is 1. The molecule has 0 aromatic carbocycles. The molecule has 7 nitrogen and oxygen atoms in total. The fraction of sp³-hybridized carbons (Fsp3) is 0.833. The molecule has 8 heteroatoms. The third kappa shape index (κ3) is 6.33. The first-order valence-corrected chi connectivity index (χ1v) is 7.93. The molecule has 0 saturated heterocycles. The number of hydrogen-bond acceptors (Lipinski definition) is 6. The second-order valence-electron chi connectivity index (χ2n) is 4.96. The van der Waals surface area contributed by atoms with E-state index < -0.39 is 0 Å². The number of rotatable bonds is 9. The molecule has 0 bridgehead atoms. The maximum atomic E-state index is 11.7. The molecule has 0 aliphatic heterocycles. The fourth-order valence-electron chi connectivity index (χ4n) is 1.45. The third-order valence-electron chi connectivity index (χ3n) is 2.73. The summed E-state index contributed by atoms with van der Waals surface area (Å²) in [5, 5.41) is 18.4. The highest BCUT2D eigenvalue weighted by atomic mass is 32.2. The lowest BCUT2D eigenvalue weighted by Gasteiger charge is -2.11. The predicted octanol–water partition coefficient (Wildman–Crippen LogP) is 0.678. The van der Waals surface area contributed by atoms with Crippen LogP contribution in [0, 0.1) is 0 Å². The van der Waals surface area contributed by atoms with Gasteiger partial charge in [0, 0.05) is 18.6 Å². The second kappa shape index (κ2) is 8.91. The van der Waals surface area contributed by atoms with Gasteiger partial charge in [0.2, 0.25) is 11.1 Å². The molecular formula is C12H24N6OS. The average molecular weight is 300 g/mol. The van der Waals surface area contributed by atoms with Gasteiger partial charge in [-0.3, -0.25) is 4.79 Å². The highest BCUT2D eigenvalue weighted by Gasteiger charge is 2.11. The Hall–Kier alpha value is -1.15. The summed E-state index contributed by atoms with van der Waals surface area (Å²) in [6.45, 7) is 9.71. The van der Waals surface area contributed by atoms with E-state index in [1.165, 1.54) is 11.8 Å². The summed E-state index contributed by atoms with van der Waals surface area (Å²) in [5.41, 5.74) is 0. The lowest BCUT2D eigenvalue weighted by atomic mass is 10.3. The first-order chi connectivity index (χ1) is 9.52. The van der Waals surface area contributed by atoms with Crippen LogP contribution in [0.25, 0.3) is 0 Å². The summed E-state index contributed by atoms with van der Waals surface area (Å²) in [5.74, 6) is 0.349. The number of aromatic nitrogens is 4. The number of tetrazole rings is 1. The molecule has 1 aromatic heterocycles. The van der Waals surface area contributed by atoms with Gasteiger partial charge in [-0.25, -0.2) is 4.68 Å². The van der Waals surface area contributed by atoms with Crippen LogP contribution < -0.4 is 10.6 Å². The number of thioether (sulfide) groups is 1. The number of nitrogens with one attached hydrogen (secondary N) is 2. The standard InChI is InChI=1S/C12H24N6OS/c1-5-10(4)14-11(19)8-20-12-15-16-17-18(12)7-6-13-9(2)3/h9-10,13H,5-8H2,1-4H3,(H,14,19). The molecule has 1 heterocycles. The van der Waals surface area contributed by atoms with E-state index in [0.29, 0.717) is 23.5 Å². The smallest absolute Gasteiger partial charge is 0.230 e. The normalized spacial score (nSPS) is 12.7. The van der Waals surface area contributed by atoms with Gasteiger partial charge < -0.3 is 10.6 Å². The van der Waals surface area contributed by atoms with E-state index in [2.05, 4.69) is 40.0 Å². The minimum absolute atomic E-state index is 0.0132. The molecule has 1 atom stereocenters. The van der Waals surface area contributed by atoms with Gasteiger partial charge in [-0.1, -0.05) is 32.5 Å². The van der Waals surface area contributed by atoms with Crippen LogP contribution in [0.2, 0.25) is 0 Å². The molecular weight excluding hydrogens is 276 g/mol. The van der Waals surface area contributed by atoms with Crippen molar-refractivity contribution in [3.63, 3.8) is 0 Å². The molecule has 0 aliphatic carbocycles. The van der Waals surface area contributed by atoms with Gasteiger partial charge >= 0.3 is 0 Å². The van der Waals surface area contributed by atoms with Crippen molar-refractivity contribution < 1.29 is 4.79 Å². The van der Waals surface area contributed by atoms with Crippen molar-refractivity contribution >= 4 is 17.7 Å². The van der Waals surface area contributed by atoms with Gasteiger partial charge in [-0.15, -0.1) is 5.10 Å². The molecule has 0 spiro atoms. The summed E-state index contributed by atoms with van der Waals surface area (Å²) in [4.78, 5) is 11.7. The van der Waals surface area contributed by atoms with Crippen molar-refractivity contribution in [3.05, 3.63) is 0 Å². The van der Waals surface area contributed by atoms with Crippen molar-refractivity contribution in [3.8, 4) is 0 Å². The van der Waals surface area contributed by atoms with Crippen molar-refractivity contribution in [1.82, 2.24) is 30.8 Å². The summed E-state index contributed by atoms with van der Waals surface area (Å²) >= 11 is 1.36. The summed E-state index contributed by atoms with van der Waals surface area (Å²) < 4.78 is 1.72. The lowest BCUT2D eigenvalue weighted by molar-refractivity contribution is -0.119. The molecule has 1 aromatic rings. The van der Waals surface area contributed by atoms with E-state index in [1.807, 2.05) is 13.8 Å². The van der Waals surface area contributed by atoms with Crippen LogP contribution in [-0.2, 0) is 11.3 Å². The first-order valence-electron chi connectivity index (χ1n) is 6.94. The first kappa shape index (κ1) is 16.9. The maximum Gasteiger partial charge on any atom is 0.230 e. The molecule has 1 rings (SSSR count). The van der Waals surface area contributed by atoms with E-state index in [9.17, 15) is 4.79 Å². The van der Waals surface area contributed by atoms with Crippen molar-refractivity contribution in [2.75, 3.05) is 12.3 Å². The molecule has 0 radical (unpaired) electrons. The van der Waals surface area contributed by atoms with Gasteiger partial charge in [0.25, 0.3) is 0 Å². The Balaban J connectivity index is 2.37. The molecule has 0 fully saturated rings. The van der Waals surface area contributed by atoms with Gasteiger partial charge in [0.1, 0.15) is 0 Å². The van der Waals surface area contributed by atoms with Crippen LogP contribution >= 0.6 is 11.8 Å². The van der Waals surface area contributed by atoms with Gasteiger partial charge in [0.05, 0.1) is 12.3 Å². The Bertz CT molecular complexity index is 408. The highest BCUT2D eigenvalue weighted by Crippen LogP contribution is 2.12. The van der Waals surface area contributed by atoms with Gasteiger partial charge in [0.15, 0.2) is 0 Å². The molecule has 1 unspecified atom stereocenters. The lowest BCUT2D eigenvalue weighted by Crippen LogP contribution is -2.33. The minimum atomic E-state index is 0.0132. The van der Waals surface area contributed by atoms with Crippen LogP contribution in [0.15, 0.2) is 5.16 Å². The fourth-order valence-corrected chi connectivity index (χ4v) is 2.16. The van der Waals surface area contributed by atoms with E-state index in [-0.39, 0.29) is 11.9 Å². The summed E-state index contributed by atoms with van der Waals surface area (Å²) in [7, 11) is 0. The largest absolute Gasteiger partial charge is 0.353 e. The van der Waals surface area contributed by atoms with Crippen molar-refractivity contribution in [2.45, 2.75) is 57.9 Å². The minimum Gasteiger partial charge on any atom is -0.353 e. The van der Waals surface area contributed by atoms with E-state index in [4.69, 9.17) is 0 Å². The zero-order valence-electron chi connectivity index (χ0n) is 12.6. The Kier molecular flexibility index (Phi) is 7.53. The monoisotopic (exact) mass is 300 g/mol. The predicted molar refractivity (Wildman–Crippen MR) is 79.6 cm³/mol. The van der Waals surface area contributed by atoms with Crippen molar-refractivity contribution in [2.24, 2.45) is 0 Å². The number of nitrogens with zero attached hydrogens (tertiary/aromatic N) is 4. The zero-order valence-corrected chi connectivity index (χ0v) is 13.4. The Morgan fingerprint density at radius 3 is 2.80 bits per heavy atom. The topological polar surface area (TPSA) is 84.7 Å². The van der Waals surface area contributed by atoms with Gasteiger partial charge in [-0.05, 0) is 23.8 Å². The second-order valence-corrected chi connectivity index (χ2v) is 5.90. The average Bonchev–Trinajstić information content (AvgIpc) is 2.83. The van der Waals surface area contributed by atoms with E-state index in [0.717, 1.165) is 13.0 Å². The van der Waals surface area contributed by atoms with Crippen LogP contribution in [-0.4, -0.2) is 50.5 Å². The molecule has 0 aliphatic rings. The zero-order chi connectivity index (χ0) is 15.0. The Morgan fingerprint density at radius 2 is 2.15 bits per heavy atom. The highest BCUT2D eigenvalue weighted by molar-refractivity contribution is 7.99. The molecule has 2 N–H and O–H groups in total. The molecule has 0 saturated carbocycles. The summed E-state index contributed by atoms with van der Waals surface area (Å²) in [6, 6.07) is 0.637. The molecule has 20 heavy (non-hydrogen) atoms. The maximum absolute atomic E-state index is 11.7. The summed E-state index contributed by atoms with van der Waals surface area (Å²) in [6.07, 6.45) is 0.926. The molecule has 114 valence electrons.